The van der Waals surface area contributed by atoms with Crippen LogP contribution in [0.3, 0.4) is 0 Å². The zero-order chi connectivity index (χ0) is 21.3. The highest BCUT2D eigenvalue weighted by Crippen LogP contribution is 2.38. The number of benzene rings is 2. The lowest BCUT2D eigenvalue weighted by Gasteiger charge is -2.16. The number of nitrogens with zero attached hydrogens (tertiary/aromatic N) is 2. The molecule has 0 aromatic heterocycles. The minimum Gasteiger partial charge on any atom is -0.394 e. The van der Waals surface area contributed by atoms with Crippen molar-refractivity contribution in [1.29, 1.82) is 5.26 Å². The van der Waals surface area contributed by atoms with Crippen molar-refractivity contribution >= 4 is 27.9 Å². The number of hydrogen-bond donors (Lipinski definition) is 2. The number of carbonyl (C=O) groups is 1. The van der Waals surface area contributed by atoms with Crippen LogP contribution >= 0.6 is 0 Å². The predicted molar refractivity (Wildman–Crippen MR) is 116 cm³/mol. The molecule has 7 heteroatoms. The maximum absolute atomic E-state index is 12.6. The maximum Gasteiger partial charge on any atom is 0.262 e. The van der Waals surface area contributed by atoms with Crippen molar-refractivity contribution in [2.75, 3.05) is 57.6 Å². The van der Waals surface area contributed by atoms with E-state index in [4.69, 9.17) is 14.6 Å². The first-order chi connectivity index (χ1) is 14.7. The number of rotatable bonds is 11. The Labute approximate surface area is 176 Å². The zero-order valence-electron chi connectivity index (χ0n) is 17.2. The summed E-state index contributed by atoms with van der Waals surface area (Å²) in [5.74, 6) is -0.403. The number of ether oxygens (including phenoxy) is 2. The van der Waals surface area contributed by atoms with Crippen LogP contribution in [0.15, 0.2) is 42.0 Å². The van der Waals surface area contributed by atoms with Gasteiger partial charge in [0.25, 0.3) is 5.91 Å². The lowest BCUT2D eigenvalue weighted by Crippen LogP contribution is -2.29. The minimum absolute atomic E-state index is 0.0185. The summed E-state index contributed by atoms with van der Waals surface area (Å²) in [5, 5.41) is 23.3. The highest BCUT2D eigenvalue weighted by molar-refractivity contribution is 6.08. The summed E-state index contributed by atoms with van der Waals surface area (Å²) in [6, 6.07) is 14.2. The van der Waals surface area contributed by atoms with Gasteiger partial charge in [0.15, 0.2) is 0 Å². The van der Waals surface area contributed by atoms with E-state index in [2.05, 4.69) is 28.4 Å². The number of amides is 1. The summed E-state index contributed by atoms with van der Waals surface area (Å²) in [5.41, 5.74) is 2.77. The van der Waals surface area contributed by atoms with Crippen molar-refractivity contribution < 1.29 is 19.4 Å². The lowest BCUT2D eigenvalue weighted by molar-refractivity contribution is -0.117. The quantitative estimate of drug-likeness (QED) is 0.255. The number of fused-ring (bicyclic) bond motifs is 1. The summed E-state index contributed by atoms with van der Waals surface area (Å²) >= 11 is 0. The number of aliphatic hydroxyl groups is 1. The Hall–Kier alpha value is -2.92. The largest absolute Gasteiger partial charge is 0.394 e. The average molecular weight is 409 g/mol. The topological polar surface area (TPSA) is 94.6 Å². The van der Waals surface area contributed by atoms with Gasteiger partial charge in [0, 0.05) is 30.6 Å². The molecule has 1 heterocycles. The van der Waals surface area contributed by atoms with E-state index in [1.165, 1.54) is 0 Å². The van der Waals surface area contributed by atoms with Gasteiger partial charge in [-0.15, -0.1) is 0 Å². The fourth-order valence-corrected chi connectivity index (χ4v) is 3.32. The minimum atomic E-state index is -0.403. The van der Waals surface area contributed by atoms with Crippen LogP contribution < -0.4 is 10.2 Å². The Morgan fingerprint density at radius 1 is 1.13 bits per heavy atom. The molecule has 158 valence electrons. The molecule has 1 fully saturated rings. The van der Waals surface area contributed by atoms with Crippen molar-refractivity contribution in [2.45, 2.75) is 6.92 Å². The van der Waals surface area contributed by atoms with E-state index in [1.54, 1.807) is 0 Å². The molecule has 0 bridgehead atoms. The summed E-state index contributed by atoms with van der Waals surface area (Å²) in [6.07, 6.45) is 0. The van der Waals surface area contributed by atoms with Gasteiger partial charge in [-0.2, -0.15) is 5.26 Å². The van der Waals surface area contributed by atoms with Crippen molar-refractivity contribution in [3.8, 4) is 6.07 Å². The molecule has 2 aromatic carbocycles. The number of aliphatic hydroxyl groups excluding tert-OH is 1. The van der Waals surface area contributed by atoms with Crippen LogP contribution in [-0.2, 0) is 14.3 Å². The Kier molecular flexibility index (Phi) is 7.80. The molecule has 0 saturated carbocycles. The van der Waals surface area contributed by atoms with Gasteiger partial charge in [0.2, 0.25) is 0 Å². The Morgan fingerprint density at radius 3 is 2.57 bits per heavy atom. The zero-order valence-corrected chi connectivity index (χ0v) is 17.2. The van der Waals surface area contributed by atoms with Crippen molar-refractivity contribution in [3.05, 3.63) is 47.5 Å². The summed E-state index contributed by atoms with van der Waals surface area (Å²) < 4.78 is 10.5. The van der Waals surface area contributed by atoms with Gasteiger partial charge >= 0.3 is 0 Å². The van der Waals surface area contributed by atoms with Crippen LogP contribution in [-0.4, -0.2) is 63.7 Å². The Bertz CT molecular complexity index is 961. The highest BCUT2D eigenvalue weighted by atomic mass is 16.5. The first-order valence-corrected chi connectivity index (χ1v) is 10.1. The van der Waals surface area contributed by atoms with Gasteiger partial charge in [-0.3, -0.25) is 4.79 Å². The number of nitrogens with one attached hydrogen (secondary N) is 1. The molecule has 3 rings (SSSR count). The summed E-state index contributed by atoms with van der Waals surface area (Å²) in [4.78, 5) is 14.9. The van der Waals surface area contributed by atoms with Gasteiger partial charge in [-0.1, -0.05) is 36.4 Å². The molecule has 1 aliphatic heterocycles. The SMILES string of the molecule is C/C(=C(/C#N)C(=O)NCCOCCOCCO)c1ccc2ccccc2c1N1CC1. The Balaban J connectivity index is 1.69. The molecule has 0 radical (unpaired) electrons. The van der Waals surface area contributed by atoms with Crippen LogP contribution in [0.2, 0.25) is 0 Å². The normalized spacial score (nSPS) is 13.7. The number of nitriles is 1. The second kappa shape index (κ2) is 10.7. The number of hydrogen-bond acceptors (Lipinski definition) is 6. The third-order valence-corrected chi connectivity index (χ3v) is 4.92. The molecule has 2 N–H and O–H groups in total. The Morgan fingerprint density at radius 2 is 1.87 bits per heavy atom. The third-order valence-electron chi connectivity index (χ3n) is 4.92. The number of carbonyl (C=O) groups excluding carboxylic acids is 1. The molecule has 1 saturated heterocycles. The monoisotopic (exact) mass is 409 g/mol. The highest BCUT2D eigenvalue weighted by Gasteiger charge is 2.25. The van der Waals surface area contributed by atoms with Gasteiger partial charge in [0.1, 0.15) is 11.6 Å². The number of anilines is 1. The van der Waals surface area contributed by atoms with Gasteiger partial charge in [0.05, 0.1) is 38.7 Å². The van der Waals surface area contributed by atoms with Crippen molar-refractivity contribution in [2.24, 2.45) is 0 Å². The van der Waals surface area contributed by atoms with E-state index < -0.39 is 5.91 Å². The second-order valence-corrected chi connectivity index (χ2v) is 6.99. The maximum atomic E-state index is 12.6. The molecule has 0 spiro atoms. The smallest absolute Gasteiger partial charge is 0.262 e. The van der Waals surface area contributed by atoms with E-state index in [-0.39, 0.29) is 18.8 Å². The van der Waals surface area contributed by atoms with Crippen LogP contribution in [0.4, 0.5) is 5.69 Å². The van der Waals surface area contributed by atoms with E-state index in [0.29, 0.717) is 31.9 Å². The molecule has 2 aromatic rings. The van der Waals surface area contributed by atoms with Gasteiger partial charge in [-0.25, -0.2) is 0 Å². The molecule has 1 aliphatic rings. The summed E-state index contributed by atoms with van der Waals surface area (Å²) in [7, 11) is 0. The molecular weight excluding hydrogens is 382 g/mol. The number of allylic oxidation sites excluding steroid dienone is 1. The van der Waals surface area contributed by atoms with Crippen molar-refractivity contribution in [3.63, 3.8) is 0 Å². The van der Waals surface area contributed by atoms with Crippen LogP contribution in [0.5, 0.6) is 0 Å². The van der Waals surface area contributed by atoms with Gasteiger partial charge < -0.3 is 24.8 Å². The third kappa shape index (κ3) is 5.36. The first-order valence-electron chi connectivity index (χ1n) is 10.1. The van der Waals surface area contributed by atoms with E-state index in [0.717, 1.165) is 35.1 Å². The molecular formula is C23H27N3O4. The molecule has 0 aliphatic carbocycles. The molecule has 7 nitrogen and oxygen atoms in total. The van der Waals surface area contributed by atoms with Crippen LogP contribution in [0.1, 0.15) is 12.5 Å². The van der Waals surface area contributed by atoms with E-state index >= 15 is 0 Å². The van der Waals surface area contributed by atoms with E-state index in [9.17, 15) is 10.1 Å². The van der Waals surface area contributed by atoms with Crippen molar-refractivity contribution in [1.82, 2.24) is 5.32 Å². The van der Waals surface area contributed by atoms with Crippen LogP contribution in [0, 0.1) is 11.3 Å². The standard InChI is InChI=1S/C23H27N3O4/c1-17(21(16-24)23(28)25-8-12-29-14-15-30-13-11-27)19-7-6-18-4-2-3-5-20(18)22(19)26-9-10-26/h2-7,27H,8-15H2,1H3,(H,25,28)/b21-17+. The van der Waals surface area contributed by atoms with Gasteiger partial charge in [-0.05, 0) is 17.9 Å². The first kappa shape index (κ1) is 21.8. The molecule has 0 atom stereocenters. The molecule has 30 heavy (non-hydrogen) atoms. The van der Waals surface area contributed by atoms with E-state index in [1.807, 2.05) is 31.2 Å². The lowest BCUT2D eigenvalue weighted by atomic mass is 9.95. The molecule has 0 unspecified atom stereocenters. The summed E-state index contributed by atoms with van der Waals surface area (Å²) in [6.45, 7) is 5.42. The fourth-order valence-electron chi connectivity index (χ4n) is 3.32. The van der Waals surface area contributed by atoms with Crippen LogP contribution in [0.25, 0.3) is 16.3 Å². The molecule has 1 amide bonds. The predicted octanol–water partition coefficient (Wildman–Crippen LogP) is 2.10. The second-order valence-electron chi connectivity index (χ2n) is 6.99. The fraction of sp³-hybridized carbons (Fsp3) is 0.391. The average Bonchev–Trinajstić information content (AvgIpc) is 3.60.